The highest BCUT2D eigenvalue weighted by molar-refractivity contribution is 6.31. The van der Waals surface area contributed by atoms with Crippen LogP contribution in [0.3, 0.4) is 0 Å². The Labute approximate surface area is 125 Å². The Balaban J connectivity index is 2.23. The van der Waals surface area contributed by atoms with E-state index in [1.807, 2.05) is 6.92 Å². The molecule has 7 heteroatoms. The molecule has 1 aliphatic heterocycles. The lowest BCUT2D eigenvalue weighted by Crippen LogP contribution is -2.22. The van der Waals surface area contributed by atoms with Gasteiger partial charge in [0.05, 0.1) is 16.2 Å². The van der Waals surface area contributed by atoms with Crippen molar-refractivity contribution in [1.29, 1.82) is 0 Å². The number of hydrogen-bond acceptors (Lipinski definition) is 4. The van der Waals surface area contributed by atoms with E-state index in [0.717, 1.165) is 6.42 Å². The summed E-state index contributed by atoms with van der Waals surface area (Å²) in [6.45, 7) is 1.96. The minimum Gasteiger partial charge on any atom is -0.294 e. The van der Waals surface area contributed by atoms with E-state index < -0.39 is 4.92 Å². The van der Waals surface area contributed by atoms with Gasteiger partial charge in [-0.3, -0.25) is 19.5 Å². The van der Waals surface area contributed by atoms with Crippen LogP contribution in [0.15, 0.2) is 29.1 Å². The van der Waals surface area contributed by atoms with Gasteiger partial charge in [0.2, 0.25) is 0 Å². The fourth-order valence-corrected chi connectivity index (χ4v) is 2.84. The highest BCUT2D eigenvalue weighted by Gasteiger charge is 2.24. The van der Waals surface area contributed by atoms with Crippen molar-refractivity contribution in [3.05, 3.63) is 55.6 Å². The molecule has 3 rings (SSSR count). The number of nitro groups is 1. The van der Waals surface area contributed by atoms with Gasteiger partial charge < -0.3 is 0 Å². The van der Waals surface area contributed by atoms with E-state index in [1.165, 1.54) is 24.3 Å². The molecule has 108 valence electrons. The molecule has 0 amide bonds. The summed E-state index contributed by atoms with van der Waals surface area (Å²) in [5, 5.41) is 11.5. The third-order valence-corrected chi connectivity index (χ3v) is 3.92. The van der Waals surface area contributed by atoms with Gasteiger partial charge in [-0.1, -0.05) is 11.6 Å². The van der Waals surface area contributed by atoms with Crippen molar-refractivity contribution < 1.29 is 4.92 Å². The third kappa shape index (κ3) is 2.31. The van der Waals surface area contributed by atoms with E-state index in [4.69, 9.17) is 11.6 Å². The van der Waals surface area contributed by atoms with Gasteiger partial charge in [0.1, 0.15) is 5.82 Å². The smallest absolute Gasteiger partial charge is 0.278 e. The first-order valence-corrected chi connectivity index (χ1v) is 6.92. The molecule has 21 heavy (non-hydrogen) atoms. The number of nitrogens with zero attached hydrogens (tertiary/aromatic N) is 3. The maximum Gasteiger partial charge on any atom is 0.278 e. The van der Waals surface area contributed by atoms with Crippen LogP contribution in [-0.2, 0) is 6.42 Å². The average molecular weight is 306 g/mol. The van der Waals surface area contributed by atoms with Crippen molar-refractivity contribution in [3.63, 3.8) is 0 Å². The van der Waals surface area contributed by atoms with E-state index in [9.17, 15) is 14.9 Å². The standard InChI is InChI=1S/C14H12ClN3O3/c1-8-2-5-13-16-11(7-14(19)17(8)13)10-6-9(15)3-4-12(10)18(20)21/h3-4,6-8H,2,5H2,1H3. The van der Waals surface area contributed by atoms with E-state index in [0.29, 0.717) is 23.0 Å². The summed E-state index contributed by atoms with van der Waals surface area (Å²) in [6, 6.07) is 5.70. The number of hydrogen-bond donors (Lipinski definition) is 0. The topological polar surface area (TPSA) is 78.0 Å². The van der Waals surface area contributed by atoms with Gasteiger partial charge in [0.25, 0.3) is 11.2 Å². The van der Waals surface area contributed by atoms with Gasteiger partial charge in [0.15, 0.2) is 0 Å². The number of benzene rings is 1. The maximum absolute atomic E-state index is 12.2. The van der Waals surface area contributed by atoms with Crippen molar-refractivity contribution in [1.82, 2.24) is 9.55 Å². The molecule has 6 nitrogen and oxygen atoms in total. The van der Waals surface area contributed by atoms with E-state index in [2.05, 4.69) is 4.98 Å². The van der Waals surface area contributed by atoms with Crippen molar-refractivity contribution in [2.45, 2.75) is 25.8 Å². The van der Waals surface area contributed by atoms with Gasteiger partial charge in [-0.25, -0.2) is 4.98 Å². The second-order valence-electron chi connectivity index (χ2n) is 5.07. The number of halogens is 1. The zero-order valence-corrected chi connectivity index (χ0v) is 12.0. The second kappa shape index (κ2) is 4.96. The van der Waals surface area contributed by atoms with Crippen molar-refractivity contribution in [2.75, 3.05) is 0 Å². The van der Waals surface area contributed by atoms with E-state index in [-0.39, 0.29) is 22.9 Å². The number of aryl methyl sites for hydroxylation is 1. The number of aromatic nitrogens is 2. The third-order valence-electron chi connectivity index (χ3n) is 3.68. The van der Waals surface area contributed by atoms with Crippen LogP contribution >= 0.6 is 11.6 Å². The van der Waals surface area contributed by atoms with Crippen LogP contribution in [0.25, 0.3) is 11.3 Å². The van der Waals surface area contributed by atoms with Crippen LogP contribution in [-0.4, -0.2) is 14.5 Å². The number of nitro benzene ring substituents is 1. The van der Waals surface area contributed by atoms with Gasteiger partial charge >= 0.3 is 0 Å². The van der Waals surface area contributed by atoms with E-state index in [1.54, 1.807) is 4.57 Å². The molecule has 0 radical (unpaired) electrons. The lowest BCUT2D eigenvalue weighted by molar-refractivity contribution is -0.384. The summed E-state index contributed by atoms with van der Waals surface area (Å²) >= 11 is 5.92. The minimum atomic E-state index is -0.499. The molecule has 0 aliphatic carbocycles. The first-order valence-electron chi connectivity index (χ1n) is 6.54. The number of fused-ring (bicyclic) bond motifs is 1. The zero-order chi connectivity index (χ0) is 15.1. The monoisotopic (exact) mass is 305 g/mol. The Bertz CT molecular complexity index is 801. The maximum atomic E-state index is 12.2. The lowest BCUT2D eigenvalue weighted by atomic mass is 10.1. The second-order valence-corrected chi connectivity index (χ2v) is 5.51. The average Bonchev–Trinajstić information content (AvgIpc) is 2.80. The SMILES string of the molecule is CC1CCc2nc(-c3cc(Cl)ccc3[N+](=O)[O-])cc(=O)n21. The van der Waals surface area contributed by atoms with Crippen LogP contribution in [0.1, 0.15) is 25.2 Å². The summed E-state index contributed by atoms with van der Waals surface area (Å²) in [7, 11) is 0. The first kappa shape index (κ1) is 13.8. The Morgan fingerprint density at radius 1 is 1.43 bits per heavy atom. The predicted octanol–water partition coefficient (Wildman–Crippen LogP) is 2.98. The molecule has 1 aliphatic rings. The molecular weight excluding hydrogens is 294 g/mol. The highest BCUT2D eigenvalue weighted by atomic mass is 35.5. The molecule has 1 atom stereocenters. The van der Waals surface area contributed by atoms with Crippen LogP contribution in [0.4, 0.5) is 5.69 Å². The Morgan fingerprint density at radius 3 is 2.90 bits per heavy atom. The molecule has 1 unspecified atom stereocenters. The lowest BCUT2D eigenvalue weighted by Gasteiger charge is -2.10. The molecule has 0 N–H and O–H groups in total. The highest BCUT2D eigenvalue weighted by Crippen LogP contribution is 2.32. The van der Waals surface area contributed by atoms with Gasteiger partial charge in [-0.2, -0.15) is 0 Å². The Hall–Kier alpha value is -2.21. The quantitative estimate of drug-likeness (QED) is 0.631. The molecule has 1 aromatic heterocycles. The van der Waals surface area contributed by atoms with Crippen molar-refractivity contribution in [2.24, 2.45) is 0 Å². The van der Waals surface area contributed by atoms with Gasteiger partial charge in [0, 0.05) is 29.6 Å². The summed E-state index contributed by atoms with van der Waals surface area (Å²) in [5.41, 5.74) is 0.277. The molecule has 0 saturated carbocycles. The molecule has 0 fully saturated rings. The molecule has 0 bridgehead atoms. The molecule has 2 heterocycles. The summed E-state index contributed by atoms with van der Waals surface area (Å²) in [6.07, 6.45) is 1.54. The Morgan fingerprint density at radius 2 is 2.19 bits per heavy atom. The summed E-state index contributed by atoms with van der Waals surface area (Å²) in [5.74, 6) is 0.666. The minimum absolute atomic E-state index is 0.109. The van der Waals surface area contributed by atoms with Crippen molar-refractivity contribution >= 4 is 17.3 Å². The molecular formula is C14H12ClN3O3. The van der Waals surface area contributed by atoms with Crippen LogP contribution in [0.2, 0.25) is 5.02 Å². The molecule has 1 aromatic carbocycles. The predicted molar refractivity (Wildman–Crippen MR) is 78.6 cm³/mol. The molecule has 0 saturated heterocycles. The van der Waals surface area contributed by atoms with Crippen LogP contribution < -0.4 is 5.56 Å². The van der Waals surface area contributed by atoms with Crippen LogP contribution in [0, 0.1) is 10.1 Å². The molecule has 0 spiro atoms. The fraction of sp³-hybridized carbons (Fsp3) is 0.286. The normalized spacial score (nSPS) is 16.8. The number of rotatable bonds is 2. The van der Waals surface area contributed by atoms with Gasteiger partial charge in [-0.15, -0.1) is 0 Å². The summed E-state index contributed by atoms with van der Waals surface area (Å²) in [4.78, 5) is 27.2. The zero-order valence-electron chi connectivity index (χ0n) is 11.2. The largest absolute Gasteiger partial charge is 0.294 e. The molecule has 2 aromatic rings. The summed E-state index contributed by atoms with van der Waals surface area (Å²) < 4.78 is 1.64. The first-order chi connectivity index (χ1) is 9.97. The Kier molecular flexibility index (Phi) is 3.25. The van der Waals surface area contributed by atoms with Gasteiger partial charge in [-0.05, 0) is 25.5 Å². The van der Waals surface area contributed by atoms with Crippen molar-refractivity contribution in [3.8, 4) is 11.3 Å². The van der Waals surface area contributed by atoms with E-state index >= 15 is 0 Å². The fourth-order valence-electron chi connectivity index (χ4n) is 2.66. The van der Waals surface area contributed by atoms with Crippen LogP contribution in [0.5, 0.6) is 0 Å².